The zero-order chi connectivity index (χ0) is 14.7. The highest BCUT2D eigenvalue weighted by molar-refractivity contribution is 7.99. The molecule has 21 heavy (non-hydrogen) atoms. The molecule has 1 N–H and O–H groups in total. The van der Waals surface area contributed by atoms with Crippen molar-refractivity contribution < 1.29 is 9.53 Å². The van der Waals surface area contributed by atoms with Crippen LogP contribution in [0, 0.1) is 0 Å². The van der Waals surface area contributed by atoms with Crippen LogP contribution in [0.1, 0.15) is 28.4 Å². The number of rotatable bonds is 3. The van der Waals surface area contributed by atoms with Crippen molar-refractivity contribution >= 4 is 23.4 Å². The first kappa shape index (κ1) is 14.0. The third-order valence-corrected chi connectivity index (χ3v) is 4.74. The van der Waals surface area contributed by atoms with Gasteiger partial charge in [-0.25, -0.2) is 4.79 Å². The van der Waals surface area contributed by atoms with Crippen molar-refractivity contribution in [3.63, 3.8) is 0 Å². The molecule has 0 bridgehead atoms. The van der Waals surface area contributed by atoms with E-state index in [4.69, 9.17) is 4.74 Å². The maximum absolute atomic E-state index is 11.9. The van der Waals surface area contributed by atoms with Gasteiger partial charge in [-0.3, -0.25) is 0 Å². The fourth-order valence-electron chi connectivity index (χ4n) is 2.58. The van der Waals surface area contributed by atoms with Crippen molar-refractivity contribution in [1.29, 1.82) is 0 Å². The van der Waals surface area contributed by atoms with Crippen LogP contribution < -0.4 is 5.32 Å². The van der Waals surface area contributed by atoms with Crippen LogP contribution in [0.15, 0.2) is 53.4 Å². The Morgan fingerprint density at radius 3 is 2.81 bits per heavy atom. The van der Waals surface area contributed by atoms with Gasteiger partial charge in [0.15, 0.2) is 0 Å². The Morgan fingerprint density at radius 1 is 1.19 bits per heavy atom. The van der Waals surface area contributed by atoms with Crippen molar-refractivity contribution in [1.82, 2.24) is 0 Å². The van der Waals surface area contributed by atoms with Crippen LogP contribution in [-0.2, 0) is 4.74 Å². The van der Waals surface area contributed by atoms with Gasteiger partial charge in [0.25, 0.3) is 0 Å². The molecule has 1 aliphatic rings. The number of esters is 1. The average Bonchev–Trinajstić information content (AvgIpc) is 2.55. The number of thioether (sulfide) groups is 1. The monoisotopic (exact) mass is 299 g/mol. The van der Waals surface area contributed by atoms with Gasteiger partial charge in [0.05, 0.1) is 18.7 Å². The summed E-state index contributed by atoms with van der Waals surface area (Å²) in [6.45, 7) is 0. The summed E-state index contributed by atoms with van der Waals surface area (Å²) in [5.74, 6) is 0.770. The molecule has 1 atom stereocenters. The highest BCUT2D eigenvalue weighted by Gasteiger charge is 2.21. The molecule has 0 amide bonds. The summed E-state index contributed by atoms with van der Waals surface area (Å²) in [5, 5.41) is 3.51. The second-order valence-corrected chi connectivity index (χ2v) is 6.05. The highest BCUT2D eigenvalue weighted by atomic mass is 32.2. The van der Waals surface area contributed by atoms with E-state index in [1.54, 1.807) is 6.07 Å². The normalized spacial score (nSPS) is 16.9. The molecule has 2 aromatic rings. The summed E-state index contributed by atoms with van der Waals surface area (Å²) < 4.78 is 4.85. The summed E-state index contributed by atoms with van der Waals surface area (Å²) in [6.07, 6.45) is 1.04. The predicted molar refractivity (Wildman–Crippen MR) is 85.9 cm³/mol. The van der Waals surface area contributed by atoms with Gasteiger partial charge in [0.1, 0.15) is 0 Å². The lowest BCUT2D eigenvalue weighted by Crippen LogP contribution is -2.18. The first-order chi connectivity index (χ1) is 10.3. The Kier molecular flexibility index (Phi) is 4.15. The van der Waals surface area contributed by atoms with Crippen LogP contribution in [0.4, 0.5) is 5.69 Å². The minimum Gasteiger partial charge on any atom is -0.465 e. The van der Waals surface area contributed by atoms with Crippen molar-refractivity contribution in [2.24, 2.45) is 0 Å². The topological polar surface area (TPSA) is 38.3 Å². The zero-order valence-corrected chi connectivity index (χ0v) is 12.7. The zero-order valence-electron chi connectivity index (χ0n) is 11.8. The van der Waals surface area contributed by atoms with E-state index in [0.717, 1.165) is 17.9 Å². The second kappa shape index (κ2) is 6.22. The number of ether oxygens (including phenoxy) is 1. The van der Waals surface area contributed by atoms with E-state index >= 15 is 0 Å². The molecule has 0 saturated heterocycles. The molecule has 1 aliphatic heterocycles. The molecule has 0 spiro atoms. The number of anilines is 1. The molecule has 0 aromatic heterocycles. The fourth-order valence-corrected chi connectivity index (χ4v) is 3.70. The van der Waals surface area contributed by atoms with Gasteiger partial charge in [0, 0.05) is 16.3 Å². The van der Waals surface area contributed by atoms with E-state index < -0.39 is 0 Å². The number of carbonyl (C=O) groups excluding carboxylic acids is 1. The number of hydrogen-bond acceptors (Lipinski definition) is 4. The molecule has 0 aliphatic carbocycles. The van der Waals surface area contributed by atoms with E-state index in [2.05, 4.69) is 29.6 Å². The Hall–Kier alpha value is -1.94. The van der Waals surface area contributed by atoms with Gasteiger partial charge in [-0.2, -0.15) is 0 Å². The summed E-state index contributed by atoms with van der Waals surface area (Å²) in [5.41, 5.74) is 2.71. The maximum Gasteiger partial charge on any atom is 0.339 e. The van der Waals surface area contributed by atoms with Crippen LogP contribution in [0.5, 0.6) is 0 Å². The van der Waals surface area contributed by atoms with Gasteiger partial charge < -0.3 is 10.1 Å². The quantitative estimate of drug-likeness (QED) is 0.865. The first-order valence-corrected chi connectivity index (χ1v) is 7.94. The van der Waals surface area contributed by atoms with Gasteiger partial charge in [-0.05, 0) is 30.2 Å². The summed E-state index contributed by atoms with van der Waals surface area (Å²) in [4.78, 5) is 13.2. The van der Waals surface area contributed by atoms with Gasteiger partial charge in [0.2, 0.25) is 0 Å². The standard InChI is InChI=1S/C17H17NO2S/c1-20-17(19)13-7-2-4-8-14(13)18-15-10-11-21-16-9-5-3-6-12(15)16/h2-9,15,18H,10-11H2,1H3. The van der Waals surface area contributed by atoms with Crippen LogP contribution >= 0.6 is 11.8 Å². The molecule has 3 nitrogen and oxygen atoms in total. The van der Waals surface area contributed by atoms with Gasteiger partial charge in [-0.15, -0.1) is 11.8 Å². The maximum atomic E-state index is 11.9. The van der Waals surface area contributed by atoms with E-state index in [1.165, 1.54) is 17.6 Å². The molecule has 3 rings (SSSR count). The number of para-hydroxylation sites is 1. The summed E-state index contributed by atoms with van der Waals surface area (Å²) in [6, 6.07) is 16.2. The molecule has 2 aromatic carbocycles. The third kappa shape index (κ3) is 2.90. The SMILES string of the molecule is COC(=O)c1ccccc1NC1CCSc2ccccc21. The third-order valence-electron chi connectivity index (χ3n) is 3.62. The highest BCUT2D eigenvalue weighted by Crippen LogP contribution is 2.38. The number of carbonyl (C=O) groups is 1. The van der Waals surface area contributed by atoms with Crippen LogP contribution in [0.3, 0.4) is 0 Å². The molecule has 0 saturated carbocycles. The lowest BCUT2D eigenvalue weighted by molar-refractivity contribution is 0.0602. The van der Waals surface area contributed by atoms with Crippen LogP contribution in [0.25, 0.3) is 0 Å². The predicted octanol–water partition coefficient (Wildman–Crippen LogP) is 4.12. The van der Waals surface area contributed by atoms with Crippen molar-refractivity contribution in [2.45, 2.75) is 17.4 Å². The number of benzene rings is 2. The van der Waals surface area contributed by atoms with Gasteiger partial charge >= 0.3 is 5.97 Å². The molecule has 1 heterocycles. The first-order valence-electron chi connectivity index (χ1n) is 6.95. The molecule has 0 radical (unpaired) electrons. The fraction of sp³-hybridized carbons (Fsp3) is 0.235. The molecule has 1 unspecified atom stereocenters. The van der Waals surface area contributed by atoms with E-state index in [-0.39, 0.29) is 12.0 Å². The van der Waals surface area contributed by atoms with E-state index in [9.17, 15) is 4.79 Å². The van der Waals surface area contributed by atoms with Crippen LogP contribution in [-0.4, -0.2) is 18.8 Å². The lowest BCUT2D eigenvalue weighted by Gasteiger charge is -2.27. The van der Waals surface area contributed by atoms with E-state index in [1.807, 2.05) is 30.0 Å². The number of hydrogen-bond donors (Lipinski definition) is 1. The molecule has 108 valence electrons. The number of fused-ring (bicyclic) bond motifs is 1. The Balaban J connectivity index is 1.90. The Bertz CT molecular complexity index is 657. The number of methoxy groups -OCH3 is 1. The minimum atomic E-state index is -0.309. The molecular formula is C17H17NO2S. The smallest absolute Gasteiger partial charge is 0.339 e. The Morgan fingerprint density at radius 2 is 1.95 bits per heavy atom. The number of nitrogens with one attached hydrogen (secondary N) is 1. The van der Waals surface area contributed by atoms with Crippen molar-refractivity contribution in [3.8, 4) is 0 Å². The minimum absolute atomic E-state index is 0.230. The van der Waals surface area contributed by atoms with Crippen molar-refractivity contribution in [2.75, 3.05) is 18.2 Å². The lowest BCUT2D eigenvalue weighted by atomic mass is 10.0. The summed E-state index contributed by atoms with van der Waals surface area (Å²) >= 11 is 1.89. The molecular weight excluding hydrogens is 282 g/mol. The van der Waals surface area contributed by atoms with Gasteiger partial charge in [-0.1, -0.05) is 30.3 Å². The van der Waals surface area contributed by atoms with E-state index in [0.29, 0.717) is 5.56 Å². The Labute approximate surface area is 128 Å². The molecule has 0 fully saturated rings. The summed E-state index contributed by atoms with van der Waals surface area (Å²) in [7, 11) is 1.41. The van der Waals surface area contributed by atoms with Crippen LogP contribution in [0.2, 0.25) is 0 Å². The van der Waals surface area contributed by atoms with Crippen molar-refractivity contribution in [3.05, 3.63) is 59.7 Å². The largest absolute Gasteiger partial charge is 0.465 e. The second-order valence-electron chi connectivity index (χ2n) is 4.91. The average molecular weight is 299 g/mol. The molecule has 4 heteroatoms.